The second-order valence-electron chi connectivity index (χ2n) is 5.80. The van der Waals surface area contributed by atoms with Crippen molar-refractivity contribution in [2.24, 2.45) is 0 Å². The molecule has 2 heterocycles. The lowest BCUT2D eigenvalue weighted by molar-refractivity contribution is 0.186. The van der Waals surface area contributed by atoms with Gasteiger partial charge in [0.25, 0.3) is 5.56 Å². The summed E-state index contributed by atoms with van der Waals surface area (Å²) in [5.41, 5.74) is 1.22. The van der Waals surface area contributed by atoms with E-state index in [9.17, 15) is 9.59 Å². The molecule has 0 aliphatic rings. The largest absolute Gasteiger partial charge is 0.383 e. The monoisotopic (exact) mass is 378 g/mol. The lowest BCUT2D eigenvalue weighted by Gasteiger charge is -2.12. The third-order valence-corrected chi connectivity index (χ3v) is 5.84. The van der Waals surface area contributed by atoms with Crippen molar-refractivity contribution in [1.82, 2.24) is 9.13 Å². The van der Waals surface area contributed by atoms with Crippen LogP contribution in [0.15, 0.2) is 39.9 Å². The summed E-state index contributed by atoms with van der Waals surface area (Å²) in [4.78, 5) is 26.4. The van der Waals surface area contributed by atoms with Crippen LogP contribution < -0.4 is 11.2 Å². The average Bonchev–Trinajstić information content (AvgIpc) is 2.91. The zero-order valence-corrected chi connectivity index (χ0v) is 15.7. The van der Waals surface area contributed by atoms with Gasteiger partial charge < -0.3 is 4.74 Å². The Morgan fingerprint density at radius 3 is 2.52 bits per heavy atom. The van der Waals surface area contributed by atoms with E-state index in [0.717, 1.165) is 11.1 Å². The highest BCUT2D eigenvalue weighted by Crippen LogP contribution is 2.31. The molecule has 0 spiro atoms. The standard InChI is InChI=1S/C18H19ClN2O3S/c1-12-14-16(22)20(9-8-13-6-4-3-5-7-13)18(23)21(10-11-24-2)17(14)25-15(12)19/h3-7H,8-11H2,1-2H3. The molecule has 1 aromatic carbocycles. The van der Waals surface area contributed by atoms with E-state index < -0.39 is 0 Å². The fourth-order valence-corrected chi connectivity index (χ4v) is 4.19. The quantitative estimate of drug-likeness (QED) is 0.662. The molecule has 25 heavy (non-hydrogen) atoms. The highest BCUT2D eigenvalue weighted by Gasteiger charge is 2.19. The molecule has 3 aromatic rings. The third-order valence-electron chi connectivity index (χ3n) is 4.22. The number of thiophene rings is 1. The van der Waals surface area contributed by atoms with Gasteiger partial charge in [-0.2, -0.15) is 0 Å². The van der Waals surface area contributed by atoms with Crippen LogP contribution in [0.4, 0.5) is 0 Å². The van der Waals surface area contributed by atoms with Crippen LogP contribution in [-0.2, 0) is 24.2 Å². The first kappa shape index (κ1) is 17.9. The van der Waals surface area contributed by atoms with Crippen LogP contribution in [-0.4, -0.2) is 22.9 Å². The Hall–Kier alpha value is -1.89. The number of halogens is 1. The van der Waals surface area contributed by atoms with E-state index in [-0.39, 0.29) is 11.2 Å². The summed E-state index contributed by atoms with van der Waals surface area (Å²) in [5.74, 6) is 0. The zero-order valence-electron chi connectivity index (χ0n) is 14.1. The average molecular weight is 379 g/mol. The van der Waals surface area contributed by atoms with E-state index >= 15 is 0 Å². The van der Waals surface area contributed by atoms with Gasteiger partial charge >= 0.3 is 5.69 Å². The van der Waals surface area contributed by atoms with Gasteiger partial charge in [0.2, 0.25) is 0 Å². The van der Waals surface area contributed by atoms with E-state index in [1.165, 1.54) is 15.9 Å². The second-order valence-corrected chi connectivity index (χ2v) is 7.40. The maximum absolute atomic E-state index is 12.9. The van der Waals surface area contributed by atoms with E-state index in [1.54, 1.807) is 11.7 Å². The Morgan fingerprint density at radius 1 is 1.12 bits per heavy atom. The Balaban J connectivity index is 2.12. The molecule has 0 unspecified atom stereocenters. The van der Waals surface area contributed by atoms with Crippen molar-refractivity contribution in [2.75, 3.05) is 13.7 Å². The van der Waals surface area contributed by atoms with E-state index in [0.29, 0.717) is 40.7 Å². The van der Waals surface area contributed by atoms with Crippen LogP contribution in [0.1, 0.15) is 11.1 Å². The molecular formula is C18H19ClN2O3S. The van der Waals surface area contributed by atoms with Crippen molar-refractivity contribution >= 4 is 33.2 Å². The topological polar surface area (TPSA) is 53.2 Å². The first-order valence-corrected chi connectivity index (χ1v) is 9.19. The third kappa shape index (κ3) is 3.42. The van der Waals surface area contributed by atoms with Gasteiger partial charge in [0.05, 0.1) is 22.9 Å². The minimum atomic E-state index is -0.316. The first-order chi connectivity index (χ1) is 12.0. The van der Waals surface area contributed by atoms with Gasteiger partial charge in [0, 0.05) is 13.7 Å². The van der Waals surface area contributed by atoms with Gasteiger partial charge in [-0.3, -0.25) is 13.9 Å². The second kappa shape index (κ2) is 7.56. The summed E-state index contributed by atoms with van der Waals surface area (Å²) in [7, 11) is 1.58. The molecule has 0 aliphatic carbocycles. The molecule has 3 rings (SSSR count). The zero-order chi connectivity index (χ0) is 18.0. The summed E-state index contributed by atoms with van der Waals surface area (Å²) in [6.45, 7) is 2.92. The van der Waals surface area contributed by atoms with Gasteiger partial charge in [-0.15, -0.1) is 11.3 Å². The fraction of sp³-hybridized carbons (Fsp3) is 0.333. The number of aromatic nitrogens is 2. The van der Waals surface area contributed by atoms with Crippen LogP contribution in [0.25, 0.3) is 10.2 Å². The highest BCUT2D eigenvalue weighted by atomic mass is 35.5. The van der Waals surface area contributed by atoms with Crippen molar-refractivity contribution in [3.8, 4) is 0 Å². The molecular weight excluding hydrogens is 360 g/mol. The maximum atomic E-state index is 12.9. The summed E-state index contributed by atoms with van der Waals surface area (Å²) in [5, 5.41) is 0.527. The van der Waals surface area contributed by atoms with Crippen LogP contribution in [0.3, 0.4) is 0 Å². The van der Waals surface area contributed by atoms with Gasteiger partial charge in [0.15, 0.2) is 0 Å². The molecule has 0 N–H and O–H groups in total. The number of rotatable bonds is 6. The molecule has 0 saturated heterocycles. The van der Waals surface area contributed by atoms with Gasteiger partial charge in [-0.25, -0.2) is 4.79 Å². The van der Waals surface area contributed by atoms with Crippen molar-refractivity contribution in [1.29, 1.82) is 0 Å². The minimum absolute atomic E-state index is 0.273. The lowest BCUT2D eigenvalue weighted by atomic mass is 10.1. The van der Waals surface area contributed by atoms with Crippen LogP contribution in [0.2, 0.25) is 4.34 Å². The van der Waals surface area contributed by atoms with E-state index in [1.807, 2.05) is 37.3 Å². The van der Waals surface area contributed by atoms with Crippen molar-refractivity contribution in [2.45, 2.75) is 26.4 Å². The fourth-order valence-electron chi connectivity index (χ4n) is 2.83. The minimum Gasteiger partial charge on any atom is -0.383 e. The van der Waals surface area contributed by atoms with E-state index in [2.05, 4.69) is 0 Å². The summed E-state index contributed by atoms with van der Waals surface area (Å²) >= 11 is 7.50. The highest BCUT2D eigenvalue weighted by molar-refractivity contribution is 7.22. The number of aryl methyl sites for hydroxylation is 2. The molecule has 0 aliphatic heterocycles. The summed E-state index contributed by atoms with van der Waals surface area (Å²) in [6, 6.07) is 9.80. The van der Waals surface area contributed by atoms with E-state index in [4.69, 9.17) is 16.3 Å². The Bertz CT molecular complexity index is 1010. The van der Waals surface area contributed by atoms with Crippen LogP contribution in [0.5, 0.6) is 0 Å². The Kier molecular flexibility index (Phi) is 5.42. The number of benzene rings is 1. The van der Waals surface area contributed by atoms with Crippen LogP contribution >= 0.6 is 22.9 Å². The first-order valence-electron chi connectivity index (χ1n) is 7.99. The summed E-state index contributed by atoms with van der Waals surface area (Å²) < 4.78 is 8.55. The number of nitrogens with zero attached hydrogens (tertiary/aromatic N) is 2. The Morgan fingerprint density at radius 2 is 1.84 bits per heavy atom. The molecule has 2 aromatic heterocycles. The number of fused-ring (bicyclic) bond motifs is 1. The number of ether oxygens (including phenoxy) is 1. The molecule has 0 bridgehead atoms. The van der Waals surface area contributed by atoms with Crippen molar-refractivity contribution < 1.29 is 4.74 Å². The lowest BCUT2D eigenvalue weighted by Crippen LogP contribution is -2.40. The van der Waals surface area contributed by atoms with Crippen molar-refractivity contribution in [3.63, 3.8) is 0 Å². The molecule has 132 valence electrons. The van der Waals surface area contributed by atoms with Crippen LogP contribution in [0, 0.1) is 6.92 Å². The number of methoxy groups -OCH3 is 1. The SMILES string of the molecule is COCCn1c(=O)n(CCc2ccccc2)c(=O)c2c(C)c(Cl)sc21. The van der Waals surface area contributed by atoms with Gasteiger partial charge in [-0.05, 0) is 24.5 Å². The molecule has 0 amide bonds. The normalized spacial score (nSPS) is 11.3. The Labute approximate surface area is 154 Å². The predicted molar refractivity (Wildman–Crippen MR) is 102 cm³/mol. The molecule has 7 heteroatoms. The number of hydrogen-bond donors (Lipinski definition) is 0. The summed E-state index contributed by atoms with van der Waals surface area (Å²) in [6.07, 6.45) is 0.614. The molecule has 0 saturated carbocycles. The predicted octanol–water partition coefficient (Wildman–Crippen LogP) is 3.08. The van der Waals surface area contributed by atoms with Crippen molar-refractivity contribution in [3.05, 3.63) is 66.6 Å². The smallest absolute Gasteiger partial charge is 0.332 e. The number of hydrogen-bond acceptors (Lipinski definition) is 4. The maximum Gasteiger partial charge on any atom is 0.332 e. The molecule has 5 nitrogen and oxygen atoms in total. The molecule has 0 atom stereocenters. The molecule has 0 fully saturated rings. The van der Waals surface area contributed by atoms with Gasteiger partial charge in [-0.1, -0.05) is 41.9 Å². The van der Waals surface area contributed by atoms with Gasteiger partial charge in [0.1, 0.15) is 4.83 Å². The molecule has 0 radical (unpaired) electrons.